The minimum absolute atomic E-state index is 0.177. The van der Waals surface area contributed by atoms with Crippen molar-refractivity contribution in [2.24, 2.45) is 12.5 Å². The first-order chi connectivity index (χ1) is 12.8. The molecule has 0 aliphatic heterocycles. The number of nitrogens with zero attached hydrogens (tertiary/aromatic N) is 5. The van der Waals surface area contributed by atoms with Crippen LogP contribution in [0.5, 0.6) is 0 Å². The monoisotopic (exact) mass is 387 g/mol. The Hall–Kier alpha value is -2.35. The molecule has 0 saturated heterocycles. The summed E-state index contributed by atoms with van der Waals surface area (Å²) in [4.78, 5) is 21.1. The van der Waals surface area contributed by atoms with Crippen molar-refractivity contribution in [1.29, 1.82) is 0 Å². The van der Waals surface area contributed by atoms with Crippen molar-refractivity contribution in [3.8, 4) is 11.3 Å². The molecule has 0 aliphatic carbocycles. The number of thioether (sulfide) groups is 1. The predicted octanol–water partition coefficient (Wildman–Crippen LogP) is 3.37. The maximum atomic E-state index is 11.9. The highest BCUT2D eigenvalue weighted by atomic mass is 32.2. The van der Waals surface area contributed by atoms with Crippen LogP contribution in [0.1, 0.15) is 32.9 Å². The van der Waals surface area contributed by atoms with Gasteiger partial charge in [0.2, 0.25) is 0 Å². The van der Waals surface area contributed by atoms with Crippen molar-refractivity contribution >= 4 is 23.4 Å². The summed E-state index contributed by atoms with van der Waals surface area (Å²) in [6, 6.07) is 0. The Bertz CT molecular complexity index is 955. The molecule has 0 spiro atoms. The van der Waals surface area contributed by atoms with Gasteiger partial charge >= 0.3 is 5.97 Å². The van der Waals surface area contributed by atoms with Gasteiger partial charge in [-0.15, -0.1) is 11.8 Å². The Kier molecular flexibility index (Phi) is 5.55. The van der Waals surface area contributed by atoms with Gasteiger partial charge in [-0.2, -0.15) is 5.10 Å². The predicted molar refractivity (Wildman–Crippen MR) is 106 cm³/mol. The van der Waals surface area contributed by atoms with E-state index in [1.165, 1.54) is 0 Å². The van der Waals surface area contributed by atoms with Crippen LogP contribution in [-0.4, -0.2) is 43.0 Å². The molecule has 0 saturated carbocycles. The SMILES string of the molecule is CSc1nc(CCCOC(=O)C(C)(C)C)cn2c(-c3cnn(C)c3)cnc12. The molecule has 0 fully saturated rings. The van der Waals surface area contributed by atoms with Crippen molar-refractivity contribution < 1.29 is 9.53 Å². The number of fused-ring (bicyclic) bond motifs is 1. The van der Waals surface area contributed by atoms with Gasteiger partial charge < -0.3 is 4.74 Å². The minimum atomic E-state index is -0.474. The van der Waals surface area contributed by atoms with Crippen LogP contribution in [0.4, 0.5) is 0 Å². The molecule has 0 bridgehead atoms. The van der Waals surface area contributed by atoms with Gasteiger partial charge in [-0.3, -0.25) is 13.9 Å². The maximum Gasteiger partial charge on any atom is 0.311 e. The second-order valence-corrected chi connectivity index (χ2v) is 8.27. The molecule has 0 aromatic carbocycles. The van der Waals surface area contributed by atoms with Crippen molar-refractivity contribution in [3.05, 3.63) is 30.5 Å². The summed E-state index contributed by atoms with van der Waals surface area (Å²) in [5.74, 6) is -0.177. The van der Waals surface area contributed by atoms with Gasteiger partial charge in [0, 0.05) is 25.0 Å². The van der Waals surface area contributed by atoms with Crippen LogP contribution in [0.2, 0.25) is 0 Å². The summed E-state index contributed by atoms with van der Waals surface area (Å²) >= 11 is 1.57. The largest absolute Gasteiger partial charge is 0.465 e. The fraction of sp³-hybridized carbons (Fsp3) is 0.474. The molecule has 0 atom stereocenters. The van der Waals surface area contributed by atoms with Crippen LogP contribution in [-0.2, 0) is 23.0 Å². The summed E-state index contributed by atoms with van der Waals surface area (Å²) in [5, 5.41) is 5.13. The molecular formula is C19H25N5O2S. The molecule has 3 rings (SSSR count). The summed E-state index contributed by atoms with van der Waals surface area (Å²) in [6.07, 6.45) is 11.1. The lowest BCUT2D eigenvalue weighted by atomic mass is 9.97. The fourth-order valence-electron chi connectivity index (χ4n) is 2.67. The standard InChI is InChI=1S/C19H25N5O2S/c1-19(2,3)18(25)26-8-6-7-14-12-24-15(13-9-21-23(4)11-13)10-20-16(24)17(22-14)27-5/h9-12H,6-8H2,1-5H3. The third kappa shape index (κ3) is 4.32. The van der Waals surface area contributed by atoms with E-state index in [-0.39, 0.29) is 5.97 Å². The van der Waals surface area contributed by atoms with Gasteiger partial charge in [0.25, 0.3) is 0 Å². The van der Waals surface area contributed by atoms with Crippen molar-refractivity contribution in [1.82, 2.24) is 24.1 Å². The number of aryl methyl sites for hydroxylation is 2. The van der Waals surface area contributed by atoms with E-state index in [0.29, 0.717) is 6.61 Å². The van der Waals surface area contributed by atoms with E-state index in [2.05, 4.69) is 14.5 Å². The third-order valence-corrected chi connectivity index (χ3v) is 4.79. The number of hydrogen-bond acceptors (Lipinski definition) is 6. The highest BCUT2D eigenvalue weighted by molar-refractivity contribution is 7.98. The number of aromatic nitrogens is 5. The molecule has 7 nitrogen and oxygen atoms in total. The minimum Gasteiger partial charge on any atom is -0.465 e. The summed E-state index contributed by atoms with van der Waals surface area (Å²) in [7, 11) is 1.89. The zero-order chi connectivity index (χ0) is 19.6. The Morgan fingerprint density at radius 2 is 2.04 bits per heavy atom. The lowest BCUT2D eigenvalue weighted by Gasteiger charge is -2.16. The average Bonchev–Trinajstić information content (AvgIpc) is 3.22. The lowest BCUT2D eigenvalue weighted by molar-refractivity contribution is -0.153. The van der Waals surface area contributed by atoms with Gasteiger partial charge in [-0.1, -0.05) is 0 Å². The van der Waals surface area contributed by atoms with E-state index in [1.54, 1.807) is 16.4 Å². The lowest BCUT2D eigenvalue weighted by Crippen LogP contribution is -2.23. The average molecular weight is 388 g/mol. The summed E-state index contributed by atoms with van der Waals surface area (Å²) in [6.45, 7) is 5.96. The van der Waals surface area contributed by atoms with Crippen LogP contribution in [0.3, 0.4) is 0 Å². The number of esters is 1. The molecule has 0 aliphatic rings. The van der Waals surface area contributed by atoms with Crippen LogP contribution in [0, 0.1) is 5.41 Å². The van der Waals surface area contributed by atoms with Gasteiger partial charge in [-0.25, -0.2) is 9.97 Å². The topological polar surface area (TPSA) is 74.3 Å². The molecule has 0 radical (unpaired) electrons. The molecule has 0 unspecified atom stereocenters. The Morgan fingerprint density at radius 3 is 2.67 bits per heavy atom. The molecule has 27 heavy (non-hydrogen) atoms. The Balaban J connectivity index is 1.79. The molecular weight excluding hydrogens is 362 g/mol. The third-order valence-electron chi connectivity index (χ3n) is 4.13. The number of imidazole rings is 1. The summed E-state index contributed by atoms with van der Waals surface area (Å²) < 4.78 is 9.19. The summed E-state index contributed by atoms with van der Waals surface area (Å²) in [5.41, 5.74) is 3.30. The first-order valence-corrected chi connectivity index (χ1v) is 10.1. The van der Waals surface area contributed by atoms with E-state index < -0.39 is 5.41 Å². The molecule has 3 heterocycles. The van der Waals surface area contributed by atoms with Crippen LogP contribution < -0.4 is 0 Å². The van der Waals surface area contributed by atoms with Crippen LogP contribution in [0.25, 0.3) is 16.9 Å². The van der Waals surface area contributed by atoms with Gasteiger partial charge in [0.05, 0.1) is 35.8 Å². The van der Waals surface area contributed by atoms with E-state index in [1.807, 2.05) is 58.9 Å². The zero-order valence-electron chi connectivity index (χ0n) is 16.4. The maximum absolute atomic E-state index is 11.9. The first-order valence-electron chi connectivity index (χ1n) is 8.87. The number of carbonyl (C=O) groups is 1. The molecule has 0 amide bonds. The molecule has 0 N–H and O–H groups in total. The van der Waals surface area contributed by atoms with Crippen LogP contribution in [0.15, 0.2) is 29.8 Å². The van der Waals surface area contributed by atoms with Crippen molar-refractivity contribution in [3.63, 3.8) is 0 Å². The van der Waals surface area contributed by atoms with E-state index >= 15 is 0 Å². The zero-order valence-corrected chi connectivity index (χ0v) is 17.2. The molecule has 8 heteroatoms. The normalized spacial score (nSPS) is 11.9. The first kappa shape index (κ1) is 19.4. The number of ether oxygens (including phenoxy) is 1. The molecule has 3 aromatic heterocycles. The van der Waals surface area contributed by atoms with E-state index in [9.17, 15) is 4.79 Å². The number of rotatable bonds is 6. The van der Waals surface area contributed by atoms with Crippen molar-refractivity contribution in [2.75, 3.05) is 12.9 Å². The quantitative estimate of drug-likeness (QED) is 0.367. The number of carbonyl (C=O) groups excluding carboxylic acids is 1. The second kappa shape index (κ2) is 7.72. The highest BCUT2D eigenvalue weighted by Crippen LogP contribution is 2.26. The van der Waals surface area contributed by atoms with E-state index in [4.69, 9.17) is 9.72 Å². The van der Waals surface area contributed by atoms with Gasteiger partial charge in [-0.05, 0) is 39.9 Å². The van der Waals surface area contributed by atoms with Crippen molar-refractivity contribution in [2.45, 2.75) is 38.6 Å². The highest BCUT2D eigenvalue weighted by Gasteiger charge is 2.22. The van der Waals surface area contributed by atoms with Crippen LogP contribution >= 0.6 is 11.8 Å². The Labute approximate surface area is 163 Å². The van der Waals surface area contributed by atoms with Gasteiger partial charge in [0.15, 0.2) is 5.65 Å². The smallest absolute Gasteiger partial charge is 0.311 e. The molecule has 3 aromatic rings. The Morgan fingerprint density at radius 1 is 1.26 bits per heavy atom. The van der Waals surface area contributed by atoms with Gasteiger partial charge in [0.1, 0.15) is 5.03 Å². The van der Waals surface area contributed by atoms with E-state index in [0.717, 1.165) is 40.5 Å². The molecule has 144 valence electrons. The second-order valence-electron chi connectivity index (χ2n) is 7.47. The fourth-order valence-corrected chi connectivity index (χ4v) is 3.21. The number of hydrogen-bond donors (Lipinski definition) is 0.